The molecule has 138 heavy (non-hydrogen) atoms. The number of carbonyl (C=O) groups excluding carboxylic acids is 12. The first-order chi connectivity index (χ1) is 64.6. The molecule has 12 fully saturated rings. The summed E-state index contributed by atoms with van der Waals surface area (Å²) in [7, 11) is 0. The Morgan fingerprint density at radius 2 is 0.710 bits per heavy atom. The molecule has 2 aromatic carbocycles. The van der Waals surface area contributed by atoms with Gasteiger partial charge in [0, 0.05) is 95.5 Å². The Morgan fingerprint density at radius 1 is 0.399 bits per heavy atom. The highest BCUT2D eigenvalue weighted by atomic mass is 16.6. The first-order valence-electron chi connectivity index (χ1n) is 50.2. The van der Waals surface area contributed by atoms with Crippen molar-refractivity contribution in [3.63, 3.8) is 0 Å². The fourth-order valence-corrected chi connectivity index (χ4v) is 21.7. The van der Waals surface area contributed by atoms with E-state index < -0.39 is 142 Å². The Hall–Kier alpha value is -9.33. The topological polar surface area (TPSA) is 426 Å². The maximum Gasteiger partial charge on any atom is 0.411 e. The highest BCUT2D eigenvalue weighted by molar-refractivity contribution is 6.02. The predicted molar refractivity (Wildman–Crippen MR) is 512 cm³/mol. The number of ketones is 1. The summed E-state index contributed by atoms with van der Waals surface area (Å²) in [6, 6.07) is 16.8. The van der Waals surface area contributed by atoms with Crippen LogP contribution in [0.15, 0.2) is 60.7 Å². The molecule has 0 radical (unpaired) electrons. The van der Waals surface area contributed by atoms with E-state index in [2.05, 4.69) is 12.2 Å². The molecule has 0 bridgehead atoms. The third-order valence-corrected chi connectivity index (χ3v) is 28.9. The summed E-state index contributed by atoms with van der Waals surface area (Å²) in [6.07, 6.45) is 8.56. The Balaban J connectivity index is 0.000000182. The van der Waals surface area contributed by atoms with Crippen LogP contribution in [0.5, 0.6) is 0 Å². The number of hydrogen-bond acceptors (Lipinski definition) is 24. The number of benzene rings is 2. The number of rotatable bonds is 23. The number of Topliss-reactive ketones (excluding diaryl/α,β-unsaturated/α-hetero) is 1. The lowest BCUT2D eigenvalue weighted by Gasteiger charge is -2.54. The summed E-state index contributed by atoms with van der Waals surface area (Å²) in [4.78, 5) is 186. The lowest BCUT2D eigenvalue weighted by molar-refractivity contribution is -0.177. The molecule has 12 saturated heterocycles. The van der Waals surface area contributed by atoms with Crippen LogP contribution in [0.25, 0.3) is 0 Å². The van der Waals surface area contributed by atoms with Crippen LogP contribution < -0.4 is 5.32 Å². The van der Waals surface area contributed by atoms with Gasteiger partial charge in [0.15, 0.2) is 11.3 Å². The molecule has 12 aliphatic rings. The standard InChI is InChI=1S/C28H42N2O6.C27H39N3O5.C20H33N3O5.C15H25N3O3.C12H21NO5/c1-20-13-14-28(19-31,30(20)26(34)36-27(3,4)5)24(32)17-23(25(33)29-15-9-10-16-29)21(2)35-18-22-11-7-6-8-12-22;1-19-13-14-27(30(19)25(33)35-26(3,4)5)18-29(24(27)32)22(23(31)28-15-9-10-16-28)20(2)34-17-21-11-7-6-8-12-21;1-13-8-9-20(23(13)18(27)28-19(3,4)5)12-22(17(20)26)15(14(2)24)16(25)21-10-6-7-11-21;1-10-5-6-15(16-10)9-18(14(15)21)12(11(2)19)13(20)17-7-3-4-8-17;1-8-5-6-12(7-14,9(15)16)13(8)10(17)18-11(2,3)4/h6-8,11-12,20-21,23,31H,9-10,13-19H2,1-5H3;6-8,11-12,19-20,22H,9-10,13-18H2,1-5H3;13-15,24H,6-12H2,1-5H3;10-12,16,19H,3-9H2,1-2H3;8,14H,5-7H2,1-4H3,(H,15,16)/t20?,21-,23+,28?;19?,20-,22+,27?;13?,14-,15+,20?;10?,11-,12+,15?;/m1111./s1. The van der Waals surface area contributed by atoms with Crippen molar-refractivity contribution in [2.45, 2.75) is 403 Å². The molecule has 3 spiro atoms. The van der Waals surface area contributed by atoms with Gasteiger partial charge >= 0.3 is 30.3 Å². The second kappa shape index (κ2) is 45.3. The van der Waals surface area contributed by atoms with Gasteiger partial charge in [-0.15, -0.1) is 0 Å². The Labute approximate surface area is 815 Å². The van der Waals surface area contributed by atoms with Crippen LogP contribution >= 0.6 is 0 Å². The minimum atomic E-state index is -1.55. The van der Waals surface area contributed by atoms with Crippen molar-refractivity contribution in [1.29, 1.82) is 0 Å². The van der Waals surface area contributed by atoms with E-state index in [4.69, 9.17) is 28.4 Å². The fraction of sp³-hybridized carbons (Fsp3) is 0.755. The third kappa shape index (κ3) is 25.0. The molecule has 12 heterocycles. The van der Waals surface area contributed by atoms with Gasteiger partial charge in [-0.3, -0.25) is 63.3 Å². The number of nitrogens with zero attached hydrogens (tertiary/aromatic N) is 11. The van der Waals surface area contributed by atoms with Crippen LogP contribution in [-0.2, 0) is 84.8 Å². The SMILES string of the molecule is CC1CCC(CO)(C(=O)C[C@H](C(=O)N2CCCC2)[C@@H](C)OCc2ccccc2)N1C(=O)OC(C)(C)C.CC1CCC(CO)(C(=O)O)N1C(=O)OC(C)(C)C.CC1CCC2(CN([C@H](C(=O)N3CCCC3)[C@@H](C)O)C2=O)N1.CC1CCC2(CN([C@H](C(=O)N3CCCC3)[C@@H](C)O)C2=O)N1C(=O)OC(C)(C)C.CC1CCC2(CN([C@H](C(=O)N3CCCC3)[C@@H](C)OCc3ccccc3)C2=O)N1C(=O)OC(C)(C)C. The molecule has 0 aromatic heterocycles. The van der Waals surface area contributed by atoms with Gasteiger partial charge in [-0.2, -0.15) is 0 Å². The normalized spacial score (nSPS) is 28.0. The second-order valence-corrected chi connectivity index (χ2v) is 44.3. The number of ether oxygens (including phenoxy) is 6. The summed E-state index contributed by atoms with van der Waals surface area (Å²) < 4.78 is 34.2. The summed E-state index contributed by atoms with van der Waals surface area (Å²) >= 11 is 0. The smallest absolute Gasteiger partial charge is 0.411 e. The zero-order valence-corrected chi connectivity index (χ0v) is 85.7. The summed E-state index contributed by atoms with van der Waals surface area (Å²) in [6.45, 7) is 43.9. The van der Waals surface area contributed by atoms with E-state index in [-0.39, 0.29) is 90.7 Å². The highest BCUT2D eigenvalue weighted by Crippen LogP contribution is 2.48. The zero-order valence-electron chi connectivity index (χ0n) is 85.7. The first kappa shape index (κ1) is 111. The van der Waals surface area contributed by atoms with E-state index in [0.29, 0.717) is 110 Å². The molecular formula is C102H160N12O24. The van der Waals surface area contributed by atoms with Crippen molar-refractivity contribution in [3.8, 4) is 0 Å². The molecule has 6 N–H and O–H groups in total. The zero-order chi connectivity index (χ0) is 102. The van der Waals surface area contributed by atoms with Crippen LogP contribution in [0.1, 0.15) is 279 Å². The number of carboxylic acid groups (broad SMARTS) is 1. The van der Waals surface area contributed by atoms with E-state index in [1.165, 1.54) is 9.80 Å². The fourth-order valence-electron chi connectivity index (χ4n) is 21.7. The molecule has 0 saturated carbocycles. The quantitative estimate of drug-likeness (QED) is 0.0445. The van der Waals surface area contributed by atoms with Crippen molar-refractivity contribution in [3.05, 3.63) is 71.8 Å². The molecule has 14 rings (SSSR count). The van der Waals surface area contributed by atoms with E-state index in [0.717, 1.165) is 99.7 Å². The number of aliphatic hydroxyl groups is 4. The number of nitrogens with one attached hydrogen (secondary N) is 1. The number of likely N-dealkylation sites (tertiary alicyclic amines) is 11. The summed E-state index contributed by atoms with van der Waals surface area (Å²) in [5.74, 6) is -3.17. The van der Waals surface area contributed by atoms with Gasteiger partial charge in [-0.25, -0.2) is 24.0 Å². The third-order valence-electron chi connectivity index (χ3n) is 28.9. The first-order valence-corrected chi connectivity index (χ1v) is 50.2. The van der Waals surface area contributed by atoms with Gasteiger partial charge in [-0.1, -0.05) is 60.7 Å². The number of carbonyl (C=O) groups is 13. The van der Waals surface area contributed by atoms with Crippen LogP contribution in [-0.4, -0.2) is 365 Å². The lowest BCUT2D eigenvalue weighted by Crippen LogP contribution is -2.77. The van der Waals surface area contributed by atoms with Crippen molar-refractivity contribution >= 4 is 77.5 Å². The molecular weight excluding hydrogens is 1780 g/mol. The predicted octanol–water partition coefficient (Wildman–Crippen LogP) is 9.81. The average Bonchev–Trinajstić information content (AvgIpc) is 1.50. The van der Waals surface area contributed by atoms with Crippen LogP contribution in [0.3, 0.4) is 0 Å². The minimum absolute atomic E-state index is 0.0229. The minimum Gasteiger partial charge on any atom is -0.479 e. The molecule has 0 aliphatic carbocycles. The average molecular weight is 1940 g/mol. The number of aliphatic hydroxyl groups excluding tert-OH is 4. The second-order valence-electron chi connectivity index (χ2n) is 44.3. The van der Waals surface area contributed by atoms with Crippen LogP contribution in [0.4, 0.5) is 19.2 Å². The molecule has 772 valence electrons. The molecule has 12 aliphatic heterocycles. The monoisotopic (exact) mass is 1940 g/mol. The van der Waals surface area contributed by atoms with Gasteiger partial charge in [-0.05, 0) is 272 Å². The number of hydrogen-bond donors (Lipinski definition) is 6. The van der Waals surface area contributed by atoms with Crippen LogP contribution in [0, 0.1) is 5.92 Å². The van der Waals surface area contributed by atoms with E-state index in [9.17, 15) is 87.9 Å². The Morgan fingerprint density at radius 3 is 1.04 bits per heavy atom. The Kier molecular flexibility index (Phi) is 36.3. The van der Waals surface area contributed by atoms with Crippen molar-refractivity contribution in [1.82, 2.24) is 59.2 Å². The summed E-state index contributed by atoms with van der Waals surface area (Å²) in [5.41, 5.74) is -6.08. The van der Waals surface area contributed by atoms with Gasteiger partial charge in [0.25, 0.3) is 11.8 Å². The van der Waals surface area contributed by atoms with Crippen molar-refractivity contribution in [2.75, 3.05) is 85.2 Å². The Bertz CT molecular complexity index is 4570. The number of carboxylic acids is 1. The van der Waals surface area contributed by atoms with Crippen molar-refractivity contribution < 1.29 is 116 Å². The van der Waals surface area contributed by atoms with Gasteiger partial charge in [0.2, 0.25) is 29.5 Å². The van der Waals surface area contributed by atoms with Crippen molar-refractivity contribution in [2.24, 2.45) is 5.92 Å². The molecule has 2 aromatic rings. The van der Waals surface area contributed by atoms with E-state index in [1.807, 2.05) is 121 Å². The molecule has 10 unspecified atom stereocenters. The number of aliphatic carboxylic acids is 1. The summed E-state index contributed by atoms with van der Waals surface area (Å²) in [5, 5.41) is 52.8. The highest BCUT2D eigenvalue weighted by Gasteiger charge is 2.68. The number of amides is 11. The maximum atomic E-state index is 13.9. The molecule has 36 heteroatoms. The maximum absolute atomic E-state index is 13.9. The number of β-lactam (4-membered cyclic amide) rings is 3. The van der Waals surface area contributed by atoms with E-state index in [1.54, 1.807) is 117 Å². The van der Waals surface area contributed by atoms with E-state index >= 15 is 0 Å². The van der Waals surface area contributed by atoms with Gasteiger partial charge in [0.1, 0.15) is 62.7 Å². The molecule has 36 nitrogen and oxygen atoms in total. The lowest BCUT2D eigenvalue weighted by atomic mass is 9.83. The largest absolute Gasteiger partial charge is 0.479 e. The molecule has 11 amide bonds. The van der Waals surface area contributed by atoms with Crippen LogP contribution in [0.2, 0.25) is 0 Å². The molecule has 18 atom stereocenters. The van der Waals surface area contributed by atoms with Gasteiger partial charge in [0.05, 0.1) is 69.9 Å². The van der Waals surface area contributed by atoms with Gasteiger partial charge < -0.3 is 88.3 Å².